The molecule has 0 radical (unpaired) electrons. The van der Waals surface area contributed by atoms with Gasteiger partial charge in [-0.25, -0.2) is 8.42 Å². The van der Waals surface area contributed by atoms with Crippen molar-refractivity contribution in [2.24, 2.45) is 5.92 Å². The lowest BCUT2D eigenvalue weighted by Crippen LogP contribution is -2.41. The van der Waals surface area contributed by atoms with Crippen molar-refractivity contribution in [2.75, 3.05) is 24.2 Å². The first kappa shape index (κ1) is 25.7. The van der Waals surface area contributed by atoms with Gasteiger partial charge in [0.2, 0.25) is 15.9 Å². The van der Waals surface area contributed by atoms with Crippen LogP contribution in [0.5, 0.6) is 5.75 Å². The Balaban J connectivity index is 2.23. The van der Waals surface area contributed by atoms with Gasteiger partial charge in [-0.2, -0.15) is 0 Å². The van der Waals surface area contributed by atoms with Gasteiger partial charge < -0.3 is 10.1 Å². The fourth-order valence-electron chi connectivity index (χ4n) is 3.48. The average Bonchev–Trinajstić information content (AvgIpc) is 2.70. The lowest BCUT2D eigenvalue weighted by Gasteiger charge is -2.26. The Morgan fingerprint density at radius 3 is 2.03 bits per heavy atom. The van der Waals surface area contributed by atoms with E-state index in [2.05, 4.69) is 39.9 Å². The van der Waals surface area contributed by atoms with E-state index in [-0.39, 0.29) is 23.9 Å². The van der Waals surface area contributed by atoms with Crippen molar-refractivity contribution in [1.82, 2.24) is 5.32 Å². The minimum Gasteiger partial charge on any atom is -0.497 e. The molecule has 2 aromatic rings. The molecule has 0 aromatic heterocycles. The van der Waals surface area contributed by atoms with Gasteiger partial charge in [0.05, 0.1) is 25.1 Å². The number of carbonyl (C=O) groups excluding carboxylic acids is 1. The Morgan fingerprint density at radius 2 is 1.59 bits per heavy atom. The molecule has 0 spiro atoms. The first-order chi connectivity index (χ1) is 14.8. The fraction of sp³-hybridized carbons (Fsp3) is 0.480. The van der Waals surface area contributed by atoms with Crippen molar-refractivity contribution >= 4 is 21.6 Å². The second-order valence-electron chi connectivity index (χ2n) is 9.59. The van der Waals surface area contributed by atoms with Gasteiger partial charge in [-0.3, -0.25) is 9.10 Å². The van der Waals surface area contributed by atoms with Crippen LogP contribution < -0.4 is 14.4 Å². The molecule has 1 N–H and O–H groups in total. The van der Waals surface area contributed by atoms with E-state index in [9.17, 15) is 13.2 Å². The predicted octanol–water partition coefficient (Wildman–Crippen LogP) is 4.66. The molecule has 0 unspecified atom stereocenters. The summed E-state index contributed by atoms with van der Waals surface area (Å²) in [5.74, 6) is 0.737. The number of nitrogens with one attached hydrogen (secondary N) is 1. The third kappa shape index (κ3) is 7.26. The molecule has 176 valence electrons. The number of amides is 1. The summed E-state index contributed by atoms with van der Waals surface area (Å²) in [7, 11) is -2.03. The molecule has 0 heterocycles. The molecule has 1 atom stereocenters. The van der Waals surface area contributed by atoms with Crippen molar-refractivity contribution in [1.29, 1.82) is 0 Å². The number of anilines is 1. The molecule has 0 fully saturated rings. The normalized spacial score (nSPS) is 13.0. The van der Waals surface area contributed by atoms with Crippen LogP contribution in [0.2, 0.25) is 0 Å². The number of benzene rings is 2. The molecular formula is C25H36N2O4S. The summed E-state index contributed by atoms with van der Waals surface area (Å²) >= 11 is 0. The Hall–Kier alpha value is -2.54. The third-order valence-electron chi connectivity index (χ3n) is 5.27. The van der Waals surface area contributed by atoms with Crippen LogP contribution >= 0.6 is 0 Å². The maximum Gasteiger partial charge on any atom is 0.241 e. The van der Waals surface area contributed by atoms with Crippen LogP contribution in [0.25, 0.3) is 0 Å². The fourth-order valence-corrected chi connectivity index (χ4v) is 4.34. The summed E-state index contributed by atoms with van der Waals surface area (Å²) in [5.41, 5.74) is 2.47. The number of carbonyl (C=O) groups is 1. The summed E-state index contributed by atoms with van der Waals surface area (Å²) in [6.45, 7) is 10.2. The van der Waals surface area contributed by atoms with Crippen LogP contribution in [-0.4, -0.2) is 34.2 Å². The van der Waals surface area contributed by atoms with E-state index >= 15 is 0 Å². The van der Waals surface area contributed by atoms with Crippen LogP contribution in [0.4, 0.5) is 5.69 Å². The predicted molar refractivity (Wildman–Crippen MR) is 131 cm³/mol. The maximum absolute atomic E-state index is 12.9. The molecule has 0 bridgehead atoms. The molecule has 0 saturated carbocycles. The lowest BCUT2D eigenvalue weighted by molar-refractivity contribution is -0.120. The van der Waals surface area contributed by atoms with Gasteiger partial charge in [0.1, 0.15) is 12.3 Å². The number of ether oxygens (including phenoxy) is 1. The lowest BCUT2D eigenvalue weighted by atomic mass is 9.87. The number of hydrogen-bond acceptors (Lipinski definition) is 4. The number of nitrogens with zero attached hydrogens (tertiary/aromatic N) is 1. The van der Waals surface area contributed by atoms with Crippen LogP contribution in [-0.2, 0) is 20.2 Å². The van der Waals surface area contributed by atoms with Crippen molar-refractivity contribution < 1.29 is 17.9 Å². The summed E-state index contributed by atoms with van der Waals surface area (Å²) in [6, 6.07) is 14.7. The minimum absolute atomic E-state index is 0.0474. The van der Waals surface area contributed by atoms with Gasteiger partial charge in [0.25, 0.3) is 0 Å². The molecule has 2 rings (SSSR count). The van der Waals surface area contributed by atoms with Gasteiger partial charge >= 0.3 is 0 Å². The van der Waals surface area contributed by atoms with E-state index in [4.69, 9.17) is 4.74 Å². The number of methoxy groups -OCH3 is 1. The van der Waals surface area contributed by atoms with E-state index in [0.29, 0.717) is 11.6 Å². The Morgan fingerprint density at radius 1 is 1.03 bits per heavy atom. The summed E-state index contributed by atoms with van der Waals surface area (Å²) in [6.07, 6.45) is 1.85. The summed E-state index contributed by atoms with van der Waals surface area (Å²) in [4.78, 5) is 12.9. The first-order valence-electron chi connectivity index (χ1n) is 10.8. The summed E-state index contributed by atoms with van der Waals surface area (Å²) in [5, 5.41) is 3.02. The maximum atomic E-state index is 12.9. The van der Waals surface area contributed by atoms with Gasteiger partial charge in [0.15, 0.2) is 0 Å². The SMILES string of the molecule is COc1ccc([C@@H](CC(C)C)NC(=O)CN(c2ccc(C(C)(C)C)cc2)S(C)(=O)=O)cc1. The molecule has 1 amide bonds. The minimum atomic E-state index is -3.64. The molecule has 6 nitrogen and oxygen atoms in total. The Labute approximate surface area is 193 Å². The zero-order valence-electron chi connectivity index (χ0n) is 20.2. The van der Waals surface area contributed by atoms with Gasteiger partial charge in [-0.05, 0) is 53.1 Å². The molecule has 0 saturated heterocycles. The number of rotatable bonds is 9. The topological polar surface area (TPSA) is 75.7 Å². The molecular weight excluding hydrogens is 424 g/mol. The van der Waals surface area contributed by atoms with Crippen LogP contribution in [0.3, 0.4) is 0 Å². The number of hydrogen-bond donors (Lipinski definition) is 1. The zero-order chi connectivity index (χ0) is 24.1. The van der Waals surface area contributed by atoms with Gasteiger partial charge in [-0.15, -0.1) is 0 Å². The van der Waals surface area contributed by atoms with Crippen molar-refractivity contribution in [2.45, 2.75) is 52.5 Å². The van der Waals surface area contributed by atoms with Crippen molar-refractivity contribution in [3.8, 4) is 5.75 Å². The molecule has 0 aliphatic rings. The standard InChI is InChI=1S/C25H36N2O4S/c1-18(2)16-23(19-8-14-22(31-6)15-9-19)26-24(28)17-27(32(7,29)30)21-12-10-20(11-13-21)25(3,4)5/h8-15,18,23H,16-17H2,1-7H3,(H,26,28)/t23-/m1/s1. The molecule has 0 aliphatic heterocycles. The van der Waals surface area contributed by atoms with Crippen molar-refractivity contribution in [3.63, 3.8) is 0 Å². The molecule has 0 aliphatic carbocycles. The van der Waals surface area contributed by atoms with Gasteiger partial charge in [0, 0.05) is 0 Å². The van der Waals surface area contributed by atoms with E-state index in [1.54, 1.807) is 19.2 Å². The summed E-state index contributed by atoms with van der Waals surface area (Å²) < 4.78 is 31.3. The van der Waals surface area contributed by atoms with Crippen LogP contribution in [0.15, 0.2) is 48.5 Å². The van der Waals surface area contributed by atoms with E-state index in [0.717, 1.165) is 33.9 Å². The largest absolute Gasteiger partial charge is 0.497 e. The van der Waals surface area contributed by atoms with Crippen molar-refractivity contribution in [3.05, 3.63) is 59.7 Å². The second kappa shape index (κ2) is 10.4. The Kier molecular flexibility index (Phi) is 8.35. The second-order valence-corrected chi connectivity index (χ2v) is 11.5. The highest BCUT2D eigenvalue weighted by molar-refractivity contribution is 7.92. The smallest absolute Gasteiger partial charge is 0.241 e. The quantitative estimate of drug-likeness (QED) is 0.590. The molecule has 32 heavy (non-hydrogen) atoms. The van der Waals surface area contributed by atoms with E-state index in [1.165, 1.54) is 0 Å². The molecule has 2 aromatic carbocycles. The molecule has 7 heteroatoms. The highest BCUT2D eigenvalue weighted by Gasteiger charge is 2.24. The van der Waals surface area contributed by atoms with Crippen LogP contribution in [0, 0.1) is 5.92 Å². The zero-order valence-corrected chi connectivity index (χ0v) is 21.0. The Bertz CT molecular complexity index is 992. The van der Waals surface area contributed by atoms with E-state index < -0.39 is 10.0 Å². The highest BCUT2D eigenvalue weighted by atomic mass is 32.2. The highest BCUT2D eigenvalue weighted by Crippen LogP contribution is 2.27. The number of sulfonamides is 1. The average molecular weight is 461 g/mol. The van der Waals surface area contributed by atoms with E-state index in [1.807, 2.05) is 36.4 Å². The first-order valence-corrected chi connectivity index (χ1v) is 12.7. The van der Waals surface area contributed by atoms with Gasteiger partial charge in [-0.1, -0.05) is 58.9 Å². The van der Waals surface area contributed by atoms with Crippen LogP contribution in [0.1, 0.15) is 58.2 Å². The third-order valence-corrected chi connectivity index (χ3v) is 6.41. The monoisotopic (exact) mass is 460 g/mol.